The van der Waals surface area contributed by atoms with Gasteiger partial charge in [-0.15, -0.1) is 22.7 Å². The Labute approximate surface area is 158 Å². The standard InChI is InChI=1S/C20H29BrS2/c1-3-5-9-18(21)14-20-13-17(15-23-20)16(4-2)8-6-10-19-11-7-12-22-19/h7,11-13,15-16,18H,3-6,8-10,14H2,1-2H3. The Balaban J connectivity index is 1.81. The van der Waals surface area contributed by atoms with E-state index >= 15 is 0 Å². The molecule has 0 spiro atoms. The molecule has 0 fully saturated rings. The first-order valence-electron chi connectivity index (χ1n) is 8.96. The van der Waals surface area contributed by atoms with E-state index in [0.717, 1.165) is 5.92 Å². The van der Waals surface area contributed by atoms with Crippen LogP contribution in [0.1, 0.15) is 73.6 Å². The van der Waals surface area contributed by atoms with Crippen LogP contribution in [-0.2, 0) is 12.8 Å². The highest BCUT2D eigenvalue weighted by Gasteiger charge is 2.13. The van der Waals surface area contributed by atoms with Crippen molar-refractivity contribution < 1.29 is 0 Å². The molecule has 0 bridgehead atoms. The highest BCUT2D eigenvalue weighted by molar-refractivity contribution is 9.09. The van der Waals surface area contributed by atoms with Crippen molar-refractivity contribution in [3.63, 3.8) is 0 Å². The van der Waals surface area contributed by atoms with Crippen molar-refractivity contribution in [1.29, 1.82) is 0 Å². The smallest absolute Gasteiger partial charge is 0.0194 e. The number of thiophene rings is 2. The largest absolute Gasteiger partial charge is 0.149 e. The summed E-state index contributed by atoms with van der Waals surface area (Å²) in [6.07, 6.45) is 10.2. The van der Waals surface area contributed by atoms with E-state index in [-0.39, 0.29) is 0 Å². The van der Waals surface area contributed by atoms with Gasteiger partial charge in [-0.05, 0) is 72.9 Å². The maximum absolute atomic E-state index is 3.85. The second-order valence-corrected chi connectivity index (χ2v) is 9.69. The minimum atomic E-state index is 0.646. The first kappa shape index (κ1) is 19.2. The zero-order valence-electron chi connectivity index (χ0n) is 14.4. The molecule has 2 atom stereocenters. The van der Waals surface area contributed by atoms with Gasteiger partial charge in [-0.3, -0.25) is 0 Å². The van der Waals surface area contributed by atoms with E-state index in [1.807, 2.05) is 22.7 Å². The topological polar surface area (TPSA) is 0 Å². The summed E-state index contributed by atoms with van der Waals surface area (Å²) in [7, 11) is 0. The number of aryl methyl sites for hydroxylation is 1. The number of halogens is 1. The van der Waals surface area contributed by atoms with E-state index in [1.165, 1.54) is 56.2 Å². The average Bonchev–Trinajstić information content (AvgIpc) is 3.21. The Bertz CT molecular complexity index is 530. The van der Waals surface area contributed by atoms with Gasteiger partial charge in [0, 0.05) is 14.6 Å². The second-order valence-electron chi connectivity index (χ2n) is 6.37. The van der Waals surface area contributed by atoms with Crippen molar-refractivity contribution in [3.05, 3.63) is 44.3 Å². The molecule has 0 amide bonds. The van der Waals surface area contributed by atoms with E-state index in [9.17, 15) is 0 Å². The molecule has 2 aromatic heterocycles. The van der Waals surface area contributed by atoms with Crippen LogP contribution in [0.5, 0.6) is 0 Å². The fraction of sp³-hybridized carbons (Fsp3) is 0.600. The number of rotatable bonds is 11. The van der Waals surface area contributed by atoms with Crippen molar-refractivity contribution in [2.45, 2.75) is 76.0 Å². The van der Waals surface area contributed by atoms with E-state index in [4.69, 9.17) is 0 Å². The molecule has 0 N–H and O–H groups in total. The Kier molecular flexibility index (Phi) is 8.92. The van der Waals surface area contributed by atoms with Gasteiger partial charge in [0.25, 0.3) is 0 Å². The molecule has 2 unspecified atom stereocenters. The van der Waals surface area contributed by atoms with Gasteiger partial charge >= 0.3 is 0 Å². The lowest BCUT2D eigenvalue weighted by molar-refractivity contribution is 0.578. The zero-order chi connectivity index (χ0) is 16.5. The van der Waals surface area contributed by atoms with Crippen LogP contribution in [0.3, 0.4) is 0 Å². The molecule has 2 heterocycles. The average molecular weight is 413 g/mol. The molecule has 0 aliphatic rings. The van der Waals surface area contributed by atoms with Crippen LogP contribution in [-0.4, -0.2) is 4.83 Å². The van der Waals surface area contributed by atoms with Crippen LogP contribution in [0, 0.1) is 0 Å². The van der Waals surface area contributed by atoms with Crippen molar-refractivity contribution in [1.82, 2.24) is 0 Å². The highest BCUT2D eigenvalue weighted by atomic mass is 79.9. The molecule has 3 heteroatoms. The predicted octanol–water partition coefficient (Wildman–Crippen LogP) is 7.82. The van der Waals surface area contributed by atoms with Gasteiger partial charge in [-0.25, -0.2) is 0 Å². The Morgan fingerprint density at radius 2 is 1.96 bits per heavy atom. The van der Waals surface area contributed by atoms with E-state index < -0.39 is 0 Å². The van der Waals surface area contributed by atoms with Gasteiger partial charge in [0.05, 0.1) is 0 Å². The van der Waals surface area contributed by atoms with Crippen LogP contribution in [0.15, 0.2) is 29.0 Å². The Hall–Kier alpha value is -0.120. The van der Waals surface area contributed by atoms with E-state index in [2.05, 4.69) is 58.7 Å². The highest BCUT2D eigenvalue weighted by Crippen LogP contribution is 2.31. The van der Waals surface area contributed by atoms with Crippen molar-refractivity contribution in [3.8, 4) is 0 Å². The Morgan fingerprint density at radius 1 is 1.09 bits per heavy atom. The van der Waals surface area contributed by atoms with Gasteiger partial charge in [0.15, 0.2) is 0 Å². The third-order valence-corrected chi connectivity index (χ3v) is 7.18. The molecular weight excluding hydrogens is 384 g/mol. The van der Waals surface area contributed by atoms with E-state index in [1.54, 1.807) is 10.4 Å². The summed E-state index contributed by atoms with van der Waals surface area (Å²) in [6, 6.07) is 6.91. The summed E-state index contributed by atoms with van der Waals surface area (Å²) in [5, 5.41) is 4.60. The van der Waals surface area contributed by atoms with Crippen LogP contribution in [0.25, 0.3) is 0 Å². The molecule has 0 radical (unpaired) electrons. The summed E-state index contributed by atoms with van der Waals surface area (Å²) in [6.45, 7) is 4.60. The van der Waals surface area contributed by atoms with Crippen molar-refractivity contribution in [2.75, 3.05) is 0 Å². The molecule has 23 heavy (non-hydrogen) atoms. The predicted molar refractivity (Wildman–Crippen MR) is 111 cm³/mol. The monoisotopic (exact) mass is 412 g/mol. The SMILES string of the molecule is CCCCC(Br)Cc1cc(C(CC)CCCc2cccs2)cs1. The minimum Gasteiger partial charge on any atom is -0.149 e. The molecular formula is C20H29BrS2. The summed E-state index contributed by atoms with van der Waals surface area (Å²) in [5.41, 5.74) is 1.58. The number of hydrogen-bond acceptors (Lipinski definition) is 2. The molecule has 0 nitrogen and oxygen atoms in total. The summed E-state index contributed by atoms with van der Waals surface area (Å²) in [5.74, 6) is 0.740. The fourth-order valence-corrected chi connectivity index (χ4v) is 5.74. The third-order valence-electron chi connectivity index (χ3n) is 4.49. The molecule has 2 aromatic rings. The van der Waals surface area contributed by atoms with E-state index in [0.29, 0.717) is 4.83 Å². The molecule has 0 aliphatic heterocycles. The van der Waals surface area contributed by atoms with Gasteiger partial charge in [-0.1, -0.05) is 48.7 Å². The van der Waals surface area contributed by atoms with Crippen LogP contribution < -0.4 is 0 Å². The second kappa shape index (κ2) is 10.7. The minimum absolute atomic E-state index is 0.646. The van der Waals surface area contributed by atoms with Crippen molar-refractivity contribution >= 4 is 38.6 Å². The fourth-order valence-electron chi connectivity index (χ4n) is 3.05. The maximum atomic E-state index is 3.85. The zero-order valence-corrected chi connectivity index (χ0v) is 17.6. The quantitative estimate of drug-likeness (QED) is 0.329. The summed E-state index contributed by atoms with van der Waals surface area (Å²) in [4.78, 5) is 3.73. The molecule has 0 saturated carbocycles. The number of unbranched alkanes of at least 4 members (excludes halogenated alkanes) is 1. The van der Waals surface area contributed by atoms with Gasteiger partial charge in [0.2, 0.25) is 0 Å². The third kappa shape index (κ3) is 6.72. The van der Waals surface area contributed by atoms with Crippen molar-refractivity contribution in [2.24, 2.45) is 0 Å². The van der Waals surface area contributed by atoms with Crippen LogP contribution >= 0.6 is 38.6 Å². The first-order valence-corrected chi connectivity index (χ1v) is 11.6. The molecule has 0 aromatic carbocycles. The molecule has 128 valence electrons. The maximum Gasteiger partial charge on any atom is 0.0194 e. The van der Waals surface area contributed by atoms with Gasteiger partial charge in [0.1, 0.15) is 0 Å². The lowest BCUT2D eigenvalue weighted by Crippen LogP contribution is -2.01. The first-order chi connectivity index (χ1) is 11.2. The normalized spacial score (nSPS) is 14.0. The Morgan fingerprint density at radius 3 is 2.65 bits per heavy atom. The van der Waals surface area contributed by atoms with Gasteiger partial charge in [-0.2, -0.15) is 0 Å². The number of alkyl halides is 1. The molecule has 0 saturated heterocycles. The molecule has 2 rings (SSSR count). The number of hydrogen-bond donors (Lipinski definition) is 0. The lowest BCUT2D eigenvalue weighted by Gasteiger charge is -2.13. The molecule has 0 aliphatic carbocycles. The van der Waals surface area contributed by atoms with Crippen LogP contribution in [0.2, 0.25) is 0 Å². The summed E-state index contributed by atoms with van der Waals surface area (Å²) >= 11 is 7.70. The van der Waals surface area contributed by atoms with Gasteiger partial charge < -0.3 is 0 Å². The van der Waals surface area contributed by atoms with Crippen LogP contribution in [0.4, 0.5) is 0 Å². The summed E-state index contributed by atoms with van der Waals surface area (Å²) < 4.78 is 0. The lowest BCUT2D eigenvalue weighted by atomic mass is 9.92.